The van der Waals surface area contributed by atoms with E-state index in [1.165, 1.54) is 0 Å². The summed E-state index contributed by atoms with van der Waals surface area (Å²) in [5.41, 5.74) is -0.144. The van der Waals surface area contributed by atoms with E-state index >= 15 is 0 Å². The molecule has 3 rings (SSSR count). The monoisotopic (exact) mass is 236 g/mol. The van der Waals surface area contributed by atoms with Crippen LogP contribution in [0.2, 0.25) is 0 Å². The summed E-state index contributed by atoms with van der Waals surface area (Å²) in [5.74, 6) is -0.767. The summed E-state index contributed by atoms with van der Waals surface area (Å²) in [7, 11) is 0. The number of carboxylic acids is 1. The van der Waals surface area contributed by atoms with Crippen LogP contribution >= 0.6 is 0 Å². The number of rotatable bonds is 5. The maximum Gasteiger partial charge on any atom is 0.328 e. The molecule has 0 spiro atoms. The Kier molecular flexibility index (Phi) is 2.18. The molecule has 0 saturated heterocycles. The number of nitrogens with zero attached hydrogens (tertiary/aromatic N) is 2. The van der Waals surface area contributed by atoms with Crippen LogP contribution in [0.4, 0.5) is 0 Å². The van der Waals surface area contributed by atoms with Crippen molar-refractivity contribution in [3.8, 4) is 0 Å². The van der Waals surface area contributed by atoms with Crippen molar-refractivity contribution in [2.24, 2.45) is 5.41 Å². The first-order valence-corrected chi connectivity index (χ1v) is 6.09. The molecule has 0 radical (unpaired) electrons. The molecule has 0 unspecified atom stereocenters. The van der Waals surface area contributed by atoms with Gasteiger partial charge >= 0.3 is 11.7 Å². The highest BCUT2D eigenvalue weighted by atomic mass is 16.4. The third-order valence-electron chi connectivity index (χ3n) is 3.80. The SMILES string of the molecule is O=C(O)CC1(Cn2ccn(C3CC3)c2=O)CC1. The zero-order valence-electron chi connectivity index (χ0n) is 9.63. The fourth-order valence-corrected chi connectivity index (χ4v) is 2.43. The van der Waals surface area contributed by atoms with Gasteiger partial charge in [-0.25, -0.2) is 4.79 Å². The first kappa shape index (κ1) is 10.6. The Morgan fingerprint density at radius 3 is 2.65 bits per heavy atom. The lowest BCUT2D eigenvalue weighted by Crippen LogP contribution is -2.27. The normalized spacial score (nSPS) is 21.4. The van der Waals surface area contributed by atoms with Gasteiger partial charge in [0.05, 0.1) is 6.42 Å². The van der Waals surface area contributed by atoms with Gasteiger partial charge in [0.25, 0.3) is 0 Å². The van der Waals surface area contributed by atoms with Crippen LogP contribution in [0.15, 0.2) is 17.2 Å². The summed E-state index contributed by atoms with van der Waals surface area (Å²) in [5, 5.41) is 8.85. The molecule has 17 heavy (non-hydrogen) atoms. The van der Waals surface area contributed by atoms with Crippen LogP contribution in [0.5, 0.6) is 0 Å². The molecule has 1 aromatic rings. The van der Waals surface area contributed by atoms with Crippen LogP contribution in [0.3, 0.4) is 0 Å². The van der Waals surface area contributed by atoms with Crippen LogP contribution < -0.4 is 5.69 Å². The van der Waals surface area contributed by atoms with Crippen molar-refractivity contribution in [1.82, 2.24) is 9.13 Å². The summed E-state index contributed by atoms with van der Waals surface area (Å²) in [6, 6.07) is 0.387. The lowest BCUT2D eigenvalue weighted by molar-refractivity contribution is -0.138. The van der Waals surface area contributed by atoms with Gasteiger partial charge in [0, 0.05) is 25.0 Å². The topological polar surface area (TPSA) is 64.2 Å². The number of carboxylic acid groups (broad SMARTS) is 1. The maximum absolute atomic E-state index is 12.0. The summed E-state index contributed by atoms with van der Waals surface area (Å²) in [6.07, 6.45) is 7.81. The van der Waals surface area contributed by atoms with Crippen LogP contribution in [0.1, 0.15) is 38.1 Å². The van der Waals surface area contributed by atoms with Crippen molar-refractivity contribution in [3.05, 3.63) is 22.9 Å². The molecule has 2 aliphatic rings. The Morgan fingerprint density at radius 1 is 1.41 bits per heavy atom. The summed E-state index contributed by atoms with van der Waals surface area (Å²) < 4.78 is 3.45. The number of aromatic nitrogens is 2. The molecule has 2 aliphatic carbocycles. The molecule has 92 valence electrons. The van der Waals surface area contributed by atoms with Crippen molar-refractivity contribution in [3.63, 3.8) is 0 Å². The Balaban J connectivity index is 1.77. The van der Waals surface area contributed by atoms with E-state index in [-0.39, 0.29) is 17.5 Å². The van der Waals surface area contributed by atoms with Crippen molar-refractivity contribution >= 4 is 5.97 Å². The highest BCUT2D eigenvalue weighted by Crippen LogP contribution is 2.50. The predicted octanol–water partition coefficient (Wildman–Crippen LogP) is 1.24. The van der Waals surface area contributed by atoms with E-state index in [0.717, 1.165) is 25.7 Å². The Labute approximate surface area is 98.7 Å². The van der Waals surface area contributed by atoms with E-state index in [1.807, 2.05) is 6.20 Å². The molecule has 1 heterocycles. The Bertz CT molecular complexity index is 506. The van der Waals surface area contributed by atoms with Crippen LogP contribution in [0.25, 0.3) is 0 Å². The molecule has 1 N–H and O–H groups in total. The average Bonchev–Trinajstić information content (AvgIpc) is 3.13. The van der Waals surface area contributed by atoms with Crippen LogP contribution in [-0.2, 0) is 11.3 Å². The molecule has 5 heteroatoms. The quantitative estimate of drug-likeness (QED) is 0.836. The smallest absolute Gasteiger partial charge is 0.328 e. The second-order valence-electron chi connectivity index (χ2n) is 5.42. The van der Waals surface area contributed by atoms with Gasteiger partial charge in [0.2, 0.25) is 0 Å². The Hall–Kier alpha value is -1.52. The number of carbonyl (C=O) groups is 1. The number of imidazole rings is 1. The van der Waals surface area contributed by atoms with Crippen molar-refractivity contribution in [2.75, 3.05) is 0 Å². The summed E-state index contributed by atoms with van der Waals surface area (Å²) >= 11 is 0. The van der Waals surface area contributed by atoms with Gasteiger partial charge in [-0.15, -0.1) is 0 Å². The molecule has 5 nitrogen and oxygen atoms in total. The van der Waals surface area contributed by atoms with Crippen molar-refractivity contribution < 1.29 is 9.90 Å². The highest BCUT2D eigenvalue weighted by Gasteiger charge is 2.45. The Morgan fingerprint density at radius 2 is 2.12 bits per heavy atom. The molecule has 0 aromatic carbocycles. The zero-order chi connectivity index (χ0) is 12.0. The number of hydrogen-bond acceptors (Lipinski definition) is 2. The molecule has 2 fully saturated rings. The van der Waals surface area contributed by atoms with Gasteiger partial charge < -0.3 is 5.11 Å². The molecular formula is C12H16N2O3. The first-order valence-electron chi connectivity index (χ1n) is 6.09. The van der Waals surface area contributed by atoms with E-state index in [0.29, 0.717) is 12.6 Å². The molecule has 0 atom stereocenters. The van der Waals surface area contributed by atoms with E-state index < -0.39 is 5.97 Å². The van der Waals surface area contributed by atoms with E-state index in [9.17, 15) is 9.59 Å². The summed E-state index contributed by atoms with van der Waals surface area (Å²) in [6.45, 7) is 0.553. The van der Waals surface area contributed by atoms with Gasteiger partial charge in [0.1, 0.15) is 0 Å². The van der Waals surface area contributed by atoms with E-state index in [2.05, 4.69) is 0 Å². The summed E-state index contributed by atoms with van der Waals surface area (Å²) in [4.78, 5) is 22.8. The fraction of sp³-hybridized carbons (Fsp3) is 0.667. The zero-order valence-corrected chi connectivity index (χ0v) is 9.63. The minimum Gasteiger partial charge on any atom is -0.481 e. The third-order valence-corrected chi connectivity index (χ3v) is 3.80. The van der Waals surface area contributed by atoms with E-state index in [4.69, 9.17) is 5.11 Å². The van der Waals surface area contributed by atoms with Gasteiger partial charge in [-0.2, -0.15) is 0 Å². The molecular weight excluding hydrogens is 220 g/mol. The number of hydrogen-bond donors (Lipinski definition) is 1. The fourth-order valence-electron chi connectivity index (χ4n) is 2.43. The van der Waals surface area contributed by atoms with Crippen LogP contribution in [0, 0.1) is 5.41 Å². The standard InChI is InChI=1S/C12H16N2O3/c15-10(16)7-12(3-4-12)8-13-5-6-14(11(13)17)9-1-2-9/h5-6,9H,1-4,7-8H2,(H,15,16). The highest BCUT2D eigenvalue weighted by molar-refractivity contribution is 5.68. The largest absolute Gasteiger partial charge is 0.481 e. The third kappa shape index (κ3) is 2.01. The minimum atomic E-state index is -0.767. The van der Waals surface area contributed by atoms with Gasteiger partial charge in [-0.1, -0.05) is 0 Å². The molecule has 1 aromatic heterocycles. The second-order valence-corrected chi connectivity index (χ2v) is 5.42. The molecule has 0 amide bonds. The lowest BCUT2D eigenvalue weighted by Gasteiger charge is -2.12. The first-order chi connectivity index (χ1) is 8.10. The van der Waals surface area contributed by atoms with E-state index in [1.54, 1.807) is 15.3 Å². The second kappa shape index (κ2) is 3.48. The van der Waals surface area contributed by atoms with Gasteiger partial charge in [-0.3, -0.25) is 13.9 Å². The molecule has 0 bridgehead atoms. The molecule has 2 saturated carbocycles. The maximum atomic E-state index is 12.0. The van der Waals surface area contributed by atoms with Crippen molar-refractivity contribution in [1.29, 1.82) is 0 Å². The van der Waals surface area contributed by atoms with Crippen LogP contribution in [-0.4, -0.2) is 20.2 Å². The predicted molar refractivity (Wildman–Crippen MR) is 60.9 cm³/mol. The van der Waals surface area contributed by atoms with Gasteiger partial charge in [0.15, 0.2) is 0 Å². The van der Waals surface area contributed by atoms with Crippen molar-refractivity contribution in [2.45, 2.75) is 44.7 Å². The number of aliphatic carboxylic acids is 1. The van der Waals surface area contributed by atoms with Gasteiger partial charge in [-0.05, 0) is 31.1 Å². The lowest BCUT2D eigenvalue weighted by atomic mass is 10.0. The molecule has 0 aliphatic heterocycles. The average molecular weight is 236 g/mol. The minimum absolute atomic E-state index is 0.0177.